The molecule has 0 nitrogen and oxygen atoms in total. The second-order valence-corrected chi connectivity index (χ2v) is 3.88. The summed E-state index contributed by atoms with van der Waals surface area (Å²) in [6.45, 7) is 2.23. The lowest BCUT2D eigenvalue weighted by molar-refractivity contribution is 0.358. The van der Waals surface area contributed by atoms with Crippen molar-refractivity contribution in [3.8, 4) is 0 Å². The molecule has 0 heteroatoms. The van der Waals surface area contributed by atoms with E-state index in [9.17, 15) is 0 Å². The largest absolute Gasteiger partial charge is 0.0730 e. The van der Waals surface area contributed by atoms with Crippen LogP contribution in [0.5, 0.6) is 0 Å². The van der Waals surface area contributed by atoms with E-state index in [4.69, 9.17) is 0 Å². The summed E-state index contributed by atoms with van der Waals surface area (Å²) in [6.07, 6.45) is 11.7. The highest BCUT2D eigenvalue weighted by molar-refractivity contribution is 5.25. The Hall–Kier alpha value is -0.520. The maximum Gasteiger partial charge on any atom is -0.0200 e. The molecule has 2 aliphatic rings. The quantitative estimate of drug-likeness (QED) is 0.534. The fourth-order valence-electron chi connectivity index (χ4n) is 1.88. The van der Waals surface area contributed by atoms with Crippen LogP contribution in [0.25, 0.3) is 0 Å². The lowest BCUT2D eigenvalue weighted by Gasteiger charge is -2.29. The molecule has 0 atom stereocenters. The lowest BCUT2D eigenvalue weighted by Crippen LogP contribution is -2.14. The molecule has 0 aromatic rings. The Morgan fingerprint density at radius 1 is 1.18 bits per heavy atom. The van der Waals surface area contributed by atoms with Crippen LogP contribution >= 0.6 is 0 Å². The van der Waals surface area contributed by atoms with E-state index in [1.807, 2.05) is 0 Å². The van der Waals surface area contributed by atoms with Crippen LogP contribution in [0.2, 0.25) is 0 Å². The van der Waals surface area contributed by atoms with Crippen molar-refractivity contribution >= 4 is 0 Å². The van der Waals surface area contributed by atoms with Gasteiger partial charge in [-0.1, -0.05) is 29.7 Å². The first-order valence-corrected chi connectivity index (χ1v) is 4.72. The van der Waals surface area contributed by atoms with Crippen molar-refractivity contribution in [2.24, 2.45) is 5.92 Å². The summed E-state index contributed by atoms with van der Waals surface area (Å²) in [7, 11) is 0. The van der Waals surface area contributed by atoms with Crippen LogP contribution in [-0.2, 0) is 0 Å². The summed E-state index contributed by atoms with van der Waals surface area (Å²) < 4.78 is 0. The highest BCUT2D eigenvalue weighted by Gasteiger charge is 2.21. The van der Waals surface area contributed by atoms with Crippen molar-refractivity contribution < 1.29 is 0 Å². The van der Waals surface area contributed by atoms with Gasteiger partial charge in [-0.15, -0.1) is 0 Å². The van der Waals surface area contributed by atoms with Crippen LogP contribution in [-0.4, -0.2) is 0 Å². The van der Waals surface area contributed by atoms with Crippen molar-refractivity contribution in [3.63, 3.8) is 0 Å². The van der Waals surface area contributed by atoms with Crippen LogP contribution in [0.1, 0.15) is 39.0 Å². The molecule has 2 rings (SSSR count). The summed E-state index contributed by atoms with van der Waals surface area (Å²) in [5.74, 6) is 0.972. The Bertz CT molecular complexity index is 204. The second kappa shape index (κ2) is 2.84. The standard InChI is InChI=1S/C11H16/c1-9-5-7-11(8-6-9)10-3-2-4-10/h5,7,10H,2-4,6,8H2,1H3. The number of hydrogen-bond acceptors (Lipinski definition) is 0. The van der Waals surface area contributed by atoms with E-state index in [0.29, 0.717) is 0 Å². The predicted molar refractivity (Wildman–Crippen MR) is 48.4 cm³/mol. The van der Waals surface area contributed by atoms with Gasteiger partial charge in [-0.2, -0.15) is 0 Å². The Labute approximate surface area is 69.0 Å². The molecule has 0 radical (unpaired) electrons. The van der Waals surface area contributed by atoms with Crippen LogP contribution in [0, 0.1) is 5.92 Å². The molecule has 0 N–H and O–H groups in total. The molecule has 2 aliphatic carbocycles. The van der Waals surface area contributed by atoms with Gasteiger partial charge < -0.3 is 0 Å². The monoisotopic (exact) mass is 148 g/mol. The lowest BCUT2D eigenvalue weighted by atomic mass is 9.76. The van der Waals surface area contributed by atoms with E-state index < -0.39 is 0 Å². The molecule has 1 fully saturated rings. The summed E-state index contributed by atoms with van der Waals surface area (Å²) in [5.41, 5.74) is 3.27. The normalized spacial score (nSPS) is 25.5. The molecule has 0 bridgehead atoms. The third kappa shape index (κ3) is 1.40. The van der Waals surface area contributed by atoms with E-state index >= 15 is 0 Å². The first-order chi connectivity index (χ1) is 5.36. The average molecular weight is 148 g/mol. The first-order valence-electron chi connectivity index (χ1n) is 4.72. The third-order valence-corrected chi connectivity index (χ3v) is 3.02. The fourth-order valence-corrected chi connectivity index (χ4v) is 1.88. The van der Waals surface area contributed by atoms with Crippen molar-refractivity contribution in [2.75, 3.05) is 0 Å². The van der Waals surface area contributed by atoms with E-state index in [0.717, 1.165) is 5.92 Å². The molecule has 0 spiro atoms. The highest BCUT2D eigenvalue weighted by atomic mass is 14.3. The molecule has 0 unspecified atom stereocenters. The van der Waals surface area contributed by atoms with Crippen molar-refractivity contribution in [1.82, 2.24) is 0 Å². The summed E-state index contributed by atoms with van der Waals surface area (Å²) >= 11 is 0. The predicted octanol–water partition coefficient (Wildman–Crippen LogP) is 3.45. The molecule has 11 heavy (non-hydrogen) atoms. The van der Waals surface area contributed by atoms with Gasteiger partial charge in [0.25, 0.3) is 0 Å². The molecule has 0 heterocycles. The van der Waals surface area contributed by atoms with E-state index in [-0.39, 0.29) is 0 Å². The Morgan fingerprint density at radius 3 is 2.45 bits per heavy atom. The molecular weight excluding hydrogens is 132 g/mol. The molecule has 0 saturated heterocycles. The topological polar surface area (TPSA) is 0 Å². The molecule has 0 aromatic heterocycles. The van der Waals surface area contributed by atoms with E-state index in [2.05, 4.69) is 19.1 Å². The van der Waals surface area contributed by atoms with Crippen molar-refractivity contribution in [3.05, 3.63) is 23.3 Å². The highest BCUT2D eigenvalue weighted by Crippen LogP contribution is 2.37. The molecule has 0 aromatic carbocycles. The van der Waals surface area contributed by atoms with Crippen molar-refractivity contribution in [2.45, 2.75) is 39.0 Å². The van der Waals surface area contributed by atoms with Gasteiger partial charge in [0.15, 0.2) is 0 Å². The van der Waals surface area contributed by atoms with Crippen LogP contribution in [0.15, 0.2) is 23.3 Å². The zero-order valence-electron chi connectivity index (χ0n) is 7.27. The molecule has 1 saturated carbocycles. The summed E-state index contributed by atoms with van der Waals surface area (Å²) in [4.78, 5) is 0. The van der Waals surface area contributed by atoms with Crippen LogP contribution in [0.3, 0.4) is 0 Å². The summed E-state index contributed by atoms with van der Waals surface area (Å²) in [5, 5.41) is 0. The Balaban J connectivity index is 2.03. The van der Waals surface area contributed by atoms with E-state index in [1.54, 1.807) is 11.1 Å². The van der Waals surface area contributed by atoms with Gasteiger partial charge in [-0.3, -0.25) is 0 Å². The van der Waals surface area contributed by atoms with Gasteiger partial charge in [0, 0.05) is 0 Å². The van der Waals surface area contributed by atoms with E-state index in [1.165, 1.54) is 32.1 Å². The van der Waals surface area contributed by atoms with Gasteiger partial charge in [0.05, 0.1) is 0 Å². The second-order valence-electron chi connectivity index (χ2n) is 3.88. The third-order valence-electron chi connectivity index (χ3n) is 3.02. The number of hydrogen-bond donors (Lipinski definition) is 0. The SMILES string of the molecule is CC1=CC=C(C2CCC2)CC1. The molecule has 0 aliphatic heterocycles. The minimum atomic E-state index is 0.972. The Kier molecular flexibility index (Phi) is 1.85. The smallest absolute Gasteiger partial charge is 0.0200 e. The van der Waals surface area contributed by atoms with Gasteiger partial charge in [-0.05, 0) is 38.5 Å². The minimum absolute atomic E-state index is 0.972. The Morgan fingerprint density at radius 2 is 2.00 bits per heavy atom. The van der Waals surface area contributed by atoms with Gasteiger partial charge in [0.1, 0.15) is 0 Å². The zero-order valence-corrected chi connectivity index (χ0v) is 7.27. The zero-order chi connectivity index (χ0) is 7.68. The maximum absolute atomic E-state index is 2.36. The van der Waals surface area contributed by atoms with Gasteiger partial charge in [-0.25, -0.2) is 0 Å². The molecular formula is C11H16. The summed E-state index contributed by atoms with van der Waals surface area (Å²) in [6, 6.07) is 0. The molecule has 0 amide bonds. The number of allylic oxidation sites excluding steroid dienone is 4. The number of rotatable bonds is 1. The maximum atomic E-state index is 2.36. The van der Waals surface area contributed by atoms with Crippen LogP contribution < -0.4 is 0 Å². The molecule has 60 valence electrons. The fraction of sp³-hybridized carbons (Fsp3) is 0.636. The van der Waals surface area contributed by atoms with Gasteiger partial charge >= 0.3 is 0 Å². The average Bonchev–Trinajstić information content (AvgIpc) is 1.90. The first kappa shape index (κ1) is 7.15. The van der Waals surface area contributed by atoms with Gasteiger partial charge in [0.2, 0.25) is 0 Å². The van der Waals surface area contributed by atoms with Crippen molar-refractivity contribution in [1.29, 1.82) is 0 Å². The minimum Gasteiger partial charge on any atom is -0.0730 e. The van der Waals surface area contributed by atoms with Crippen LogP contribution in [0.4, 0.5) is 0 Å².